The van der Waals surface area contributed by atoms with Gasteiger partial charge in [0.15, 0.2) is 5.96 Å². The lowest BCUT2D eigenvalue weighted by Crippen LogP contribution is -2.51. The first-order chi connectivity index (χ1) is 12.1. The van der Waals surface area contributed by atoms with Gasteiger partial charge in [0.05, 0.1) is 6.54 Å². The van der Waals surface area contributed by atoms with E-state index in [1.54, 1.807) is 0 Å². The van der Waals surface area contributed by atoms with Crippen LogP contribution in [-0.2, 0) is 0 Å². The summed E-state index contributed by atoms with van der Waals surface area (Å²) in [6.45, 7) is 7.98. The third-order valence-corrected chi connectivity index (χ3v) is 5.53. The van der Waals surface area contributed by atoms with Crippen molar-refractivity contribution in [3.8, 4) is 0 Å². The average molecular weight is 512 g/mol. The zero-order valence-electron chi connectivity index (χ0n) is 15.9. The number of halogens is 2. The van der Waals surface area contributed by atoms with Gasteiger partial charge in [-0.2, -0.15) is 0 Å². The van der Waals surface area contributed by atoms with Gasteiger partial charge in [0, 0.05) is 54.4 Å². The quantitative estimate of drug-likeness (QED) is 0.194. The monoisotopic (exact) mass is 511 g/mol. The van der Waals surface area contributed by atoms with Gasteiger partial charge < -0.3 is 15.5 Å². The fourth-order valence-corrected chi connectivity index (χ4v) is 3.60. The van der Waals surface area contributed by atoms with E-state index in [0.717, 1.165) is 56.0 Å². The second-order valence-corrected chi connectivity index (χ2v) is 7.95. The molecule has 1 saturated heterocycles. The summed E-state index contributed by atoms with van der Waals surface area (Å²) < 4.78 is 0. The molecule has 1 fully saturated rings. The molecule has 0 aliphatic carbocycles. The predicted molar refractivity (Wildman–Crippen MR) is 125 cm³/mol. The molecule has 1 aliphatic heterocycles. The van der Waals surface area contributed by atoms with Crippen LogP contribution in [0.15, 0.2) is 34.2 Å². The normalized spacial score (nSPS) is 19.1. The highest BCUT2D eigenvalue weighted by atomic mass is 127. The number of nitrogens with zero attached hydrogens (tertiary/aromatic N) is 3. The van der Waals surface area contributed by atoms with Gasteiger partial charge in [-0.25, -0.2) is 0 Å². The van der Waals surface area contributed by atoms with Crippen molar-refractivity contribution >= 4 is 53.3 Å². The maximum absolute atomic E-state index is 5.92. The highest BCUT2D eigenvalue weighted by Gasteiger charge is 2.21. The fourth-order valence-electron chi connectivity index (χ4n) is 2.71. The van der Waals surface area contributed by atoms with Gasteiger partial charge in [-0.05, 0) is 45.3 Å². The lowest BCUT2D eigenvalue weighted by molar-refractivity contribution is 0.119. The number of rotatable bonds is 7. The number of guanidine groups is 1. The molecule has 26 heavy (non-hydrogen) atoms. The molecule has 0 aromatic heterocycles. The summed E-state index contributed by atoms with van der Waals surface area (Å²) >= 11 is 7.73. The molecule has 1 heterocycles. The van der Waals surface area contributed by atoms with Crippen molar-refractivity contribution < 1.29 is 0 Å². The molecule has 0 bridgehead atoms. The number of piperazine rings is 1. The third-order valence-electron chi connectivity index (χ3n) is 4.26. The van der Waals surface area contributed by atoms with Crippen molar-refractivity contribution in [2.24, 2.45) is 4.99 Å². The van der Waals surface area contributed by atoms with Crippen molar-refractivity contribution in [1.29, 1.82) is 0 Å². The Hall–Kier alpha value is -0.220. The van der Waals surface area contributed by atoms with E-state index in [-0.39, 0.29) is 24.0 Å². The van der Waals surface area contributed by atoms with Crippen LogP contribution < -0.4 is 10.6 Å². The number of thioether (sulfide) groups is 1. The Labute approximate surface area is 184 Å². The van der Waals surface area contributed by atoms with Gasteiger partial charge in [0.25, 0.3) is 0 Å². The van der Waals surface area contributed by atoms with Crippen molar-refractivity contribution in [2.45, 2.75) is 17.9 Å². The summed E-state index contributed by atoms with van der Waals surface area (Å²) in [5, 5.41) is 7.54. The maximum atomic E-state index is 5.92. The number of hydrogen-bond donors (Lipinski definition) is 2. The van der Waals surface area contributed by atoms with Crippen molar-refractivity contribution in [1.82, 2.24) is 20.4 Å². The summed E-state index contributed by atoms with van der Waals surface area (Å²) in [7, 11) is 4.37. The van der Waals surface area contributed by atoms with Crippen LogP contribution in [0.2, 0.25) is 5.02 Å². The lowest BCUT2D eigenvalue weighted by atomic mass is 10.2. The Bertz CT molecular complexity index is 543. The number of aliphatic imine (C=N–C) groups is 1. The first-order valence-corrected chi connectivity index (χ1v) is 10.2. The molecule has 1 aliphatic rings. The van der Waals surface area contributed by atoms with E-state index in [1.807, 2.05) is 23.9 Å². The first kappa shape index (κ1) is 23.8. The third kappa shape index (κ3) is 8.65. The molecule has 1 aromatic rings. The standard InChI is InChI=1S/C18H30ClN5S.HI/c1-4-20-18(22-13-16-14-23(2)10-11-24(16)3)21-9-12-25-17-7-5-15(19)6-8-17;/h5-8,16H,4,9-14H2,1-3H3,(H2,20,21,22);1H. The van der Waals surface area contributed by atoms with Crippen LogP contribution in [0.1, 0.15) is 6.92 Å². The van der Waals surface area contributed by atoms with Gasteiger partial charge in [0.1, 0.15) is 0 Å². The average Bonchev–Trinajstić information content (AvgIpc) is 2.60. The second-order valence-electron chi connectivity index (χ2n) is 6.35. The van der Waals surface area contributed by atoms with Gasteiger partial charge in [-0.1, -0.05) is 11.6 Å². The number of benzene rings is 1. The molecule has 0 radical (unpaired) electrons. The molecule has 0 saturated carbocycles. The summed E-state index contributed by atoms with van der Waals surface area (Å²) in [5.41, 5.74) is 0. The Balaban J connectivity index is 0.00000338. The Kier molecular flexibility index (Phi) is 11.9. The van der Waals surface area contributed by atoms with Crippen LogP contribution in [-0.4, -0.2) is 80.9 Å². The fraction of sp³-hybridized carbons (Fsp3) is 0.611. The summed E-state index contributed by atoms with van der Waals surface area (Å²) in [6, 6.07) is 8.46. The topological polar surface area (TPSA) is 42.9 Å². The molecule has 1 unspecified atom stereocenters. The van der Waals surface area contributed by atoms with E-state index < -0.39 is 0 Å². The van der Waals surface area contributed by atoms with Crippen molar-refractivity contribution in [3.63, 3.8) is 0 Å². The minimum Gasteiger partial charge on any atom is -0.357 e. The van der Waals surface area contributed by atoms with Gasteiger partial charge in [-0.3, -0.25) is 9.89 Å². The highest BCUT2D eigenvalue weighted by Crippen LogP contribution is 2.19. The van der Waals surface area contributed by atoms with Gasteiger partial charge in [-0.15, -0.1) is 35.7 Å². The molecule has 2 rings (SSSR count). The van der Waals surface area contributed by atoms with Crippen LogP contribution in [0.4, 0.5) is 0 Å². The molecule has 2 N–H and O–H groups in total. The largest absolute Gasteiger partial charge is 0.357 e. The van der Waals surface area contributed by atoms with E-state index in [9.17, 15) is 0 Å². The van der Waals surface area contributed by atoms with E-state index >= 15 is 0 Å². The minimum atomic E-state index is 0. The number of likely N-dealkylation sites (N-methyl/N-ethyl adjacent to an activating group) is 2. The number of hydrogen-bond acceptors (Lipinski definition) is 4. The summed E-state index contributed by atoms with van der Waals surface area (Å²) in [5.74, 6) is 1.89. The zero-order valence-corrected chi connectivity index (χ0v) is 19.8. The van der Waals surface area contributed by atoms with Gasteiger partial charge in [0.2, 0.25) is 0 Å². The highest BCUT2D eigenvalue weighted by molar-refractivity contribution is 14.0. The second kappa shape index (κ2) is 13.0. The molecule has 8 heteroatoms. The van der Waals surface area contributed by atoms with Crippen molar-refractivity contribution in [2.75, 3.05) is 59.1 Å². The smallest absolute Gasteiger partial charge is 0.191 e. The SMILES string of the molecule is CCNC(=NCC1CN(C)CCN1C)NCCSc1ccc(Cl)cc1.I. The molecule has 1 aromatic carbocycles. The molecule has 0 amide bonds. The van der Waals surface area contributed by atoms with Crippen LogP contribution in [0.3, 0.4) is 0 Å². The van der Waals surface area contributed by atoms with Crippen LogP contribution in [0, 0.1) is 0 Å². The summed E-state index contributed by atoms with van der Waals surface area (Å²) in [6.07, 6.45) is 0. The van der Waals surface area contributed by atoms with Crippen LogP contribution >= 0.6 is 47.3 Å². The van der Waals surface area contributed by atoms with Gasteiger partial charge >= 0.3 is 0 Å². The summed E-state index contributed by atoms with van der Waals surface area (Å²) in [4.78, 5) is 10.8. The minimum absolute atomic E-state index is 0. The lowest BCUT2D eigenvalue weighted by Gasteiger charge is -2.36. The van der Waals surface area contributed by atoms with E-state index in [2.05, 4.69) is 53.6 Å². The Morgan fingerprint density at radius 1 is 1.23 bits per heavy atom. The van der Waals surface area contributed by atoms with Crippen LogP contribution in [0.25, 0.3) is 0 Å². The van der Waals surface area contributed by atoms with Crippen LogP contribution in [0.5, 0.6) is 0 Å². The first-order valence-electron chi connectivity index (χ1n) is 8.88. The Morgan fingerprint density at radius 2 is 1.96 bits per heavy atom. The molecule has 1 atom stereocenters. The van der Waals surface area contributed by atoms with E-state index in [1.165, 1.54) is 4.90 Å². The maximum Gasteiger partial charge on any atom is 0.191 e. The van der Waals surface area contributed by atoms with Crippen molar-refractivity contribution in [3.05, 3.63) is 29.3 Å². The Morgan fingerprint density at radius 3 is 2.65 bits per heavy atom. The molecule has 148 valence electrons. The molecule has 0 spiro atoms. The molecule has 5 nitrogen and oxygen atoms in total. The molecular formula is C18H31ClIN5S. The zero-order chi connectivity index (χ0) is 18.1. The van der Waals surface area contributed by atoms with E-state index in [0.29, 0.717) is 6.04 Å². The number of nitrogens with one attached hydrogen (secondary N) is 2. The van der Waals surface area contributed by atoms with E-state index in [4.69, 9.17) is 16.6 Å². The molecular weight excluding hydrogens is 481 g/mol. The predicted octanol–water partition coefficient (Wildman–Crippen LogP) is 2.85.